The van der Waals surface area contributed by atoms with E-state index in [0.717, 1.165) is 11.3 Å². The summed E-state index contributed by atoms with van der Waals surface area (Å²) in [6, 6.07) is 5.46. The Morgan fingerprint density at radius 1 is 1.30 bits per heavy atom. The van der Waals surface area contributed by atoms with Gasteiger partial charge < -0.3 is 24.4 Å². The minimum Gasteiger partial charge on any atom is -0.497 e. The average Bonchev–Trinajstić information content (AvgIpc) is 2.53. The largest absolute Gasteiger partial charge is 0.497 e. The summed E-state index contributed by atoms with van der Waals surface area (Å²) in [6.45, 7) is 2.87. The molecule has 0 aliphatic carbocycles. The second kappa shape index (κ2) is 7.00. The molecule has 1 aromatic rings. The lowest BCUT2D eigenvalue weighted by atomic mass is 10.2. The highest BCUT2D eigenvalue weighted by molar-refractivity contribution is 5.74. The van der Waals surface area contributed by atoms with Crippen LogP contribution in [0.25, 0.3) is 0 Å². The number of rotatable bonds is 4. The molecule has 1 aromatic carbocycles. The van der Waals surface area contributed by atoms with E-state index in [9.17, 15) is 4.79 Å². The molecule has 0 bridgehead atoms. The number of hydrogen-bond acceptors (Lipinski definition) is 4. The van der Waals surface area contributed by atoms with E-state index in [-0.39, 0.29) is 6.03 Å². The number of methoxy groups -OCH3 is 2. The van der Waals surface area contributed by atoms with Crippen LogP contribution in [0.15, 0.2) is 18.2 Å². The third-order valence-corrected chi connectivity index (χ3v) is 3.22. The van der Waals surface area contributed by atoms with Crippen molar-refractivity contribution >= 4 is 6.03 Å². The molecule has 0 aromatic heterocycles. The van der Waals surface area contributed by atoms with Gasteiger partial charge in [-0.05, 0) is 12.1 Å². The van der Waals surface area contributed by atoms with Gasteiger partial charge in [-0.3, -0.25) is 0 Å². The van der Waals surface area contributed by atoms with Crippen molar-refractivity contribution in [2.75, 3.05) is 40.5 Å². The summed E-state index contributed by atoms with van der Waals surface area (Å²) in [4.78, 5) is 13.7. The van der Waals surface area contributed by atoms with E-state index in [4.69, 9.17) is 14.2 Å². The van der Waals surface area contributed by atoms with Crippen LogP contribution in [0.1, 0.15) is 5.56 Å². The van der Waals surface area contributed by atoms with Crippen LogP contribution < -0.4 is 14.8 Å². The molecule has 0 unspecified atom stereocenters. The van der Waals surface area contributed by atoms with Gasteiger partial charge in [0, 0.05) is 31.3 Å². The number of carbonyl (C=O) groups excluding carboxylic acids is 1. The Labute approximate surface area is 118 Å². The zero-order valence-electron chi connectivity index (χ0n) is 11.8. The quantitative estimate of drug-likeness (QED) is 0.901. The molecule has 1 aliphatic rings. The van der Waals surface area contributed by atoms with Gasteiger partial charge in [0.2, 0.25) is 0 Å². The van der Waals surface area contributed by atoms with Gasteiger partial charge in [0.25, 0.3) is 0 Å². The molecule has 1 heterocycles. The van der Waals surface area contributed by atoms with Crippen LogP contribution in [-0.2, 0) is 11.3 Å². The number of carbonyl (C=O) groups is 1. The van der Waals surface area contributed by atoms with Crippen molar-refractivity contribution in [3.05, 3.63) is 23.8 Å². The van der Waals surface area contributed by atoms with Crippen molar-refractivity contribution in [1.29, 1.82) is 0 Å². The van der Waals surface area contributed by atoms with Crippen molar-refractivity contribution < 1.29 is 19.0 Å². The third kappa shape index (κ3) is 3.54. The van der Waals surface area contributed by atoms with Gasteiger partial charge in [0.05, 0.1) is 27.4 Å². The van der Waals surface area contributed by atoms with Crippen molar-refractivity contribution in [3.63, 3.8) is 0 Å². The maximum Gasteiger partial charge on any atom is 0.317 e. The van der Waals surface area contributed by atoms with Gasteiger partial charge in [-0.2, -0.15) is 0 Å². The number of hydrogen-bond donors (Lipinski definition) is 1. The number of ether oxygens (including phenoxy) is 3. The Bertz CT molecular complexity index is 458. The number of nitrogens with one attached hydrogen (secondary N) is 1. The van der Waals surface area contributed by atoms with Gasteiger partial charge >= 0.3 is 6.03 Å². The van der Waals surface area contributed by atoms with Gasteiger partial charge in [-0.15, -0.1) is 0 Å². The summed E-state index contributed by atoms with van der Waals surface area (Å²) in [5.74, 6) is 1.43. The lowest BCUT2D eigenvalue weighted by Gasteiger charge is -2.27. The standard InChI is InChI=1S/C14H20N2O4/c1-18-12-4-3-11(13(9-12)19-2)10-15-14(17)16-5-7-20-8-6-16/h3-4,9H,5-8,10H2,1-2H3,(H,15,17). The zero-order valence-corrected chi connectivity index (χ0v) is 11.8. The van der Waals surface area contributed by atoms with Gasteiger partial charge in [0.15, 0.2) is 0 Å². The molecule has 1 aliphatic heterocycles. The Balaban J connectivity index is 1.94. The molecular weight excluding hydrogens is 260 g/mol. The van der Waals surface area contributed by atoms with E-state index in [1.165, 1.54) is 0 Å². The molecule has 2 rings (SSSR count). The van der Waals surface area contributed by atoms with E-state index in [1.54, 1.807) is 25.2 Å². The van der Waals surface area contributed by atoms with Crippen LogP contribution in [0, 0.1) is 0 Å². The maximum absolute atomic E-state index is 12.0. The topological polar surface area (TPSA) is 60.0 Å². The first-order chi connectivity index (χ1) is 9.74. The molecule has 6 nitrogen and oxygen atoms in total. The molecule has 20 heavy (non-hydrogen) atoms. The number of morpholine rings is 1. The number of benzene rings is 1. The normalized spacial score (nSPS) is 14.8. The second-order valence-electron chi connectivity index (χ2n) is 4.44. The van der Waals surface area contributed by atoms with Gasteiger partial charge in [-0.1, -0.05) is 0 Å². The van der Waals surface area contributed by atoms with E-state index >= 15 is 0 Å². The van der Waals surface area contributed by atoms with Crippen LogP contribution in [0.3, 0.4) is 0 Å². The zero-order chi connectivity index (χ0) is 14.4. The van der Waals surface area contributed by atoms with Crippen molar-refractivity contribution in [2.24, 2.45) is 0 Å². The first-order valence-corrected chi connectivity index (χ1v) is 6.56. The summed E-state index contributed by atoms with van der Waals surface area (Å²) in [7, 11) is 3.21. The predicted molar refractivity (Wildman–Crippen MR) is 74.2 cm³/mol. The lowest BCUT2D eigenvalue weighted by molar-refractivity contribution is 0.0531. The first-order valence-electron chi connectivity index (χ1n) is 6.56. The Kier molecular flexibility index (Phi) is 5.06. The molecule has 0 radical (unpaired) electrons. The summed E-state index contributed by atoms with van der Waals surface area (Å²) in [5, 5.41) is 2.89. The Hall–Kier alpha value is -1.95. The fourth-order valence-corrected chi connectivity index (χ4v) is 2.05. The number of nitrogens with zero attached hydrogens (tertiary/aromatic N) is 1. The molecule has 0 saturated carbocycles. The van der Waals surface area contributed by atoms with Crippen molar-refractivity contribution in [1.82, 2.24) is 10.2 Å². The molecule has 1 fully saturated rings. The van der Waals surface area contributed by atoms with E-state index < -0.39 is 0 Å². The SMILES string of the molecule is COc1ccc(CNC(=O)N2CCOCC2)c(OC)c1. The highest BCUT2D eigenvalue weighted by atomic mass is 16.5. The van der Waals surface area contributed by atoms with E-state index in [2.05, 4.69) is 5.32 Å². The molecule has 0 atom stereocenters. The monoisotopic (exact) mass is 280 g/mol. The van der Waals surface area contributed by atoms with E-state index in [1.807, 2.05) is 12.1 Å². The fraction of sp³-hybridized carbons (Fsp3) is 0.500. The molecule has 2 amide bonds. The highest BCUT2D eigenvalue weighted by Crippen LogP contribution is 2.24. The maximum atomic E-state index is 12.0. The number of amides is 2. The van der Waals surface area contributed by atoms with Crippen LogP contribution in [0.4, 0.5) is 4.79 Å². The van der Waals surface area contributed by atoms with Gasteiger partial charge in [-0.25, -0.2) is 4.79 Å². The summed E-state index contributed by atoms with van der Waals surface area (Å²) >= 11 is 0. The summed E-state index contributed by atoms with van der Waals surface area (Å²) in [5.41, 5.74) is 0.912. The average molecular weight is 280 g/mol. The lowest BCUT2D eigenvalue weighted by Crippen LogP contribution is -2.45. The molecular formula is C14H20N2O4. The highest BCUT2D eigenvalue weighted by Gasteiger charge is 2.16. The summed E-state index contributed by atoms with van der Waals surface area (Å²) in [6.07, 6.45) is 0. The fourth-order valence-electron chi connectivity index (χ4n) is 2.05. The molecule has 110 valence electrons. The molecule has 1 N–H and O–H groups in total. The minimum absolute atomic E-state index is 0.0776. The minimum atomic E-state index is -0.0776. The Morgan fingerprint density at radius 3 is 2.70 bits per heavy atom. The van der Waals surface area contributed by atoms with Crippen LogP contribution >= 0.6 is 0 Å². The number of urea groups is 1. The van der Waals surface area contributed by atoms with Gasteiger partial charge in [0.1, 0.15) is 11.5 Å². The first kappa shape index (κ1) is 14.5. The van der Waals surface area contributed by atoms with E-state index in [0.29, 0.717) is 38.6 Å². The van der Waals surface area contributed by atoms with Crippen LogP contribution in [-0.4, -0.2) is 51.5 Å². The molecule has 0 spiro atoms. The smallest absolute Gasteiger partial charge is 0.317 e. The molecule has 1 saturated heterocycles. The second-order valence-corrected chi connectivity index (χ2v) is 4.44. The van der Waals surface area contributed by atoms with Crippen molar-refractivity contribution in [3.8, 4) is 11.5 Å². The van der Waals surface area contributed by atoms with Crippen molar-refractivity contribution in [2.45, 2.75) is 6.54 Å². The van der Waals surface area contributed by atoms with Crippen LogP contribution in [0.2, 0.25) is 0 Å². The Morgan fingerprint density at radius 2 is 2.05 bits per heavy atom. The summed E-state index contributed by atoms with van der Waals surface area (Å²) < 4.78 is 15.7. The van der Waals surface area contributed by atoms with Crippen LogP contribution in [0.5, 0.6) is 11.5 Å². The molecule has 6 heteroatoms. The third-order valence-electron chi connectivity index (χ3n) is 3.22. The predicted octanol–water partition coefficient (Wildman–Crippen LogP) is 1.25.